The van der Waals surface area contributed by atoms with Crippen molar-refractivity contribution in [2.24, 2.45) is 10.2 Å². The molecule has 0 aliphatic rings. The zero-order chi connectivity index (χ0) is 18.7. The summed E-state index contributed by atoms with van der Waals surface area (Å²) in [6.07, 6.45) is 0. The van der Waals surface area contributed by atoms with E-state index in [2.05, 4.69) is 15.0 Å². The third-order valence-corrected chi connectivity index (χ3v) is 4.05. The third-order valence-electron chi connectivity index (χ3n) is 4.05. The lowest BCUT2D eigenvalue weighted by Gasteiger charge is -2.04. The van der Waals surface area contributed by atoms with Gasteiger partial charge in [-0.2, -0.15) is 0 Å². The van der Waals surface area contributed by atoms with Crippen LogP contribution in [0.3, 0.4) is 0 Å². The second-order valence-corrected chi connectivity index (χ2v) is 5.67. The fourth-order valence-corrected chi connectivity index (χ4v) is 2.69. The maximum absolute atomic E-state index is 12.3. The second kappa shape index (κ2) is 7.18. The molecule has 3 aromatic rings. The van der Waals surface area contributed by atoms with Crippen LogP contribution in [0, 0.1) is 6.92 Å². The molecule has 2 aromatic carbocycles. The number of aryl methyl sites for hydroxylation is 1. The summed E-state index contributed by atoms with van der Waals surface area (Å²) in [5.74, 6) is -1.27. The fourth-order valence-electron chi connectivity index (χ4n) is 2.69. The highest BCUT2D eigenvalue weighted by Gasteiger charge is 2.19. The highest BCUT2D eigenvalue weighted by Crippen LogP contribution is 2.38. The Morgan fingerprint density at radius 1 is 1.12 bits per heavy atom. The van der Waals surface area contributed by atoms with Gasteiger partial charge in [0.15, 0.2) is 5.69 Å². The molecule has 7 heteroatoms. The Morgan fingerprint density at radius 3 is 2.54 bits per heavy atom. The molecule has 0 radical (unpaired) electrons. The van der Waals surface area contributed by atoms with Crippen LogP contribution in [0.25, 0.3) is 10.9 Å². The summed E-state index contributed by atoms with van der Waals surface area (Å²) in [5.41, 5.74) is 1.95. The van der Waals surface area contributed by atoms with Crippen molar-refractivity contribution in [3.8, 4) is 5.88 Å². The van der Waals surface area contributed by atoms with Crippen molar-refractivity contribution in [1.82, 2.24) is 4.57 Å². The first-order chi connectivity index (χ1) is 12.5. The first kappa shape index (κ1) is 17.3. The number of rotatable bonds is 4. The lowest BCUT2D eigenvalue weighted by molar-refractivity contribution is -0.141. The molecule has 1 amide bonds. The number of carbonyl (C=O) groups is 2. The van der Waals surface area contributed by atoms with Crippen LogP contribution in [0.5, 0.6) is 5.88 Å². The van der Waals surface area contributed by atoms with Gasteiger partial charge in [0.2, 0.25) is 5.88 Å². The molecule has 0 saturated carbocycles. The summed E-state index contributed by atoms with van der Waals surface area (Å²) in [4.78, 5) is 23.9. The summed E-state index contributed by atoms with van der Waals surface area (Å²) in [6.45, 7) is 1.63. The van der Waals surface area contributed by atoms with Crippen molar-refractivity contribution in [3.63, 3.8) is 0 Å². The Hall–Kier alpha value is -3.48. The number of hydrogen-bond donors (Lipinski definition) is 1. The van der Waals surface area contributed by atoms with Gasteiger partial charge in [0.05, 0.1) is 12.6 Å². The predicted octanol–water partition coefficient (Wildman–Crippen LogP) is 3.75. The van der Waals surface area contributed by atoms with Crippen molar-refractivity contribution < 1.29 is 19.4 Å². The predicted molar refractivity (Wildman–Crippen MR) is 95.6 cm³/mol. The largest absolute Gasteiger partial charge is 0.493 e. The van der Waals surface area contributed by atoms with Gasteiger partial charge >= 0.3 is 5.97 Å². The minimum Gasteiger partial charge on any atom is -0.493 e. The molecule has 26 heavy (non-hydrogen) atoms. The number of benzene rings is 2. The van der Waals surface area contributed by atoms with E-state index in [1.807, 2.05) is 19.1 Å². The smallest absolute Gasteiger partial charge is 0.325 e. The number of nitrogens with zero attached hydrogens (tertiary/aromatic N) is 3. The van der Waals surface area contributed by atoms with Crippen LogP contribution in [0.15, 0.2) is 58.8 Å². The minimum absolute atomic E-state index is 0.131. The van der Waals surface area contributed by atoms with E-state index in [4.69, 9.17) is 0 Å². The molecule has 0 fully saturated rings. The van der Waals surface area contributed by atoms with Crippen LogP contribution >= 0.6 is 0 Å². The van der Waals surface area contributed by atoms with Gasteiger partial charge in [0, 0.05) is 10.9 Å². The molecule has 3 rings (SSSR count). The number of ether oxygens (including phenoxy) is 1. The summed E-state index contributed by atoms with van der Waals surface area (Å²) in [5, 5.41) is 18.8. The van der Waals surface area contributed by atoms with Crippen molar-refractivity contribution in [3.05, 3.63) is 59.7 Å². The number of para-hydroxylation sites is 1. The highest BCUT2D eigenvalue weighted by atomic mass is 16.5. The molecule has 0 atom stereocenters. The number of fused-ring (bicyclic) bond motifs is 1. The molecule has 0 bridgehead atoms. The van der Waals surface area contributed by atoms with Gasteiger partial charge in [-0.25, -0.2) is 0 Å². The standard InChI is InChI=1S/C19H17N3O4/c1-12-7-3-4-8-13(12)18(24)21-20-17-14-9-5-6-10-15(14)22(19(17)25)11-16(23)26-2/h3-10,25H,11H2,1-2H3. The average Bonchev–Trinajstić information content (AvgIpc) is 2.91. The van der Waals surface area contributed by atoms with E-state index in [0.29, 0.717) is 16.5 Å². The summed E-state index contributed by atoms with van der Waals surface area (Å²) in [6, 6.07) is 14.1. The van der Waals surface area contributed by atoms with Gasteiger partial charge in [-0.05, 0) is 24.6 Å². The maximum atomic E-state index is 12.3. The Kier molecular flexibility index (Phi) is 4.79. The number of amides is 1. The topological polar surface area (TPSA) is 93.2 Å². The zero-order valence-electron chi connectivity index (χ0n) is 14.3. The SMILES string of the molecule is COC(=O)Cn1c(O)c(N=NC(=O)c2ccccc2C)c2ccccc21. The number of hydrogen-bond acceptors (Lipinski definition) is 5. The average molecular weight is 351 g/mol. The Morgan fingerprint density at radius 2 is 1.81 bits per heavy atom. The van der Waals surface area contributed by atoms with E-state index >= 15 is 0 Å². The van der Waals surface area contributed by atoms with E-state index < -0.39 is 11.9 Å². The van der Waals surface area contributed by atoms with Crippen molar-refractivity contribution >= 4 is 28.5 Å². The van der Waals surface area contributed by atoms with Crippen molar-refractivity contribution in [2.45, 2.75) is 13.5 Å². The molecule has 1 aromatic heterocycles. The van der Waals surface area contributed by atoms with Crippen LogP contribution in [-0.2, 0) is 16.1 Å². The number of azo groups is 1. The monoisotopic (exact) mass is 351 g/mol. The van der Waals surface area contributed by atoms with Gasteiger partial charge in [-0.15, -0.1) is 10.2 Å². The quantitative estimate of drug-likeness (QED) is 0.572. The van der Waals surface area contributed by atoms with E-state index in [-0.39, 0.29) is 18.1 Å². The number of esters is 1. The molecular weight excluding hydrogens is 334 g/mol. The van der Waals surface area contributed by atoms with Crippen molar-refractivity contribution in [1.29, 1.82) is 0 Å². The molecule has 0 aliphatic heterocycles. The highest BCUT2D eigenvalue weighted by molar-refractivity contribution is 5.98. The zero-order valence-corrected chi connectivity index (χ0v) is 14.3. The summed E-state index contributed by atoms with van der Waals surface area (Å²) in [7, 11) is 1.27. The van der Waals surface area contributed by atoms with E-state index in [9.17, 15) is 14.7 Å². The number of aromatic hydroxyl groups is 1. The molecular formula is C19H17N3O4. The van der Waals surface area contributed by atoms with E-state index in [1.54, 1.807) is 36.4 Å². The van der Waals surface area contributed by atoms with Crippen LogP contribution in [0.2, 0.25) is 0 Å². The normalized spacial score (nSPS) is 11.2. The van der Waals surface area contributed by atoms with Crippen molar-refractivity contribution in [2.75, 3.05) is 7.11 Å². The van der Waals surface area contributed by atoms with Crippen LogP contribution in [-0.4, -0.2) is 28.7 Å². The molecule has 0 aliphatic carbocycles. The Labute approximate surface area is 149 Å². The molecule has 1 N–H and O–H groups in total. The molecule has 0 saturated heterocycles. The summed E-state index contributed by atoms with van der Waals surface area (Å²) >= 11 is 0. The molecule has 0 unspecified atom stereocenters. The van der Waals surface area contributed by atoms with Crippen LogP contribution in [0.1, 0.15) is 15.9 Å². The maximum Gasteiger partial charge on any atom is 0.325 e. The number of methoxy groups -OCH3 is 1. The lowest BCUT2D eigenvalue weighted by Crippen LogP contribution is -2.10. The molecule has 132 valence electrons. The molecule has 7 nitrogen and oxygen atoms in total. The van der Waals surface area contributed by atoms with Gasteiger partial charge in [0.25, 0.3) is 5.91 Å². The molecule has 1 heterocycles. The van der Waals surface area contributed by atoms with E-state index in [1.165, 1.54) is 11.7 Å². The fraction of sp³-hybridized carbons (Fsp3) is 0.158. The van der Waals surface area contributed by atoms with Crippen LogP contribution in [0.4, 0.5) is 5.69 Å². The lowest BCUT2D eigenvalue weighted by atomic mass is 10.1. The van der Waals surface area contributed by atoms with Gasteiger partial charge in [0.1, 0.15) is 6.54 Å². The third kappa shape index (κ3) is 3.19. The minimum atomic E-state index is -0.513. The van der Waals surface area contributed by atoms with Gasteiger partial charge in [-0.3, -0.25) is 14.2 Å². The van der Waals surface area contributed by atoms with Crippen LogP contribution < -0.4 is 0 Å². The second-order valence-electron chi connectivity index (χ2n) is 5.67. The van der Waals surface area contributed by atoms with Gasteiger partial charge in [-0.1, -0.05) is 36.4 Å². The Balaban J connectivity index is 2.03. The number of aromatic nitrogens is 1. The summed E-state index contributed by atoms with van der Waals surface area (Å²) < 4.78 is 6.03. The first-order valence-corrected chi connectivity index (χ1v) is 7.91. The molecule has 0 spiro atoms. The van der Waals surface area contributed by atoms with Gasteiger partial charge < -0.3 is 9.84 Å². The Bertz CT molecular complexity index is 1020. The van der Waals surface area contributed by atoms with E-state index in [0.717, 1.165) is 5.56 Å². The first-order valence-electron chi connectivity index (χ1n) is 7.91. The number of carbonyl (C=O) groups excluding carboxylic acids is 2.